The van der Waals surface area contributed by atoms with Crippen molar-refractivity contribution < 1.29 is 19.1 Å². The van der Waals surface area contributed by atoms with Gasteiger partial charge in [-0.3, -0.25) is 14.5 Å². The molecule has 25 heavy (non-hydrogen) atoms. The van der Waals surface area contributed by atoms with Crippen LogP contribution in [0.4, 0.5) is 11.4 Å². The van der Waals surface area contributed by atoms with Gasteiger partial charge in [0.25, 0.3) is 5.91 Å². The number of carbonyl (C=O) groups is 2. The molecule has 6 nitrogen and oxygen atoms in total. The number of nitrogens with zero attached hydrogens (tertiary/aromatic N) is 1. The van der Waals surface area contributed by atoms with Crippen LogP contribution in [-0.4, -0.2) is 32.6 Å². The SMILES string of the molecule is COc1cc(/C=C/C(=O)N2CC(=O)Nc3ccccc32)cc(OC)c1. The minimum absolute atomic E-state index is 0.0123. The van der Waals surface area contributed by atoms with Crippen molar-refractivity contribution in [3.8, 4) is 11.5 Å². The second-order valence-corrected chi connectivity index (χ2v) is 5.47. The molecule has 1 aliphatic heterocycles. The fraction of sp³-hybridized carbons (Fsp3) is 0.158. The number of benzene rings is 2. The smallest absolute Gasteiger partial charge is 0.251 e. The molecule has 128 valence electrons. The van der Waals surface area contributed by atoms with E-state index in [0.717, 1.165) is 5.56 Å². The standard InChI is InChI=1S/C19H18N2O4/c1-24-14-9-13(10-15(11-14)25-2)7-8-19(23)21-12-18(22)20-16-5-3-4-6-17(16)21/h3-11H,12H2,1-2H3,(H,20,22)/b8-7+. The third-order valence-electron chi connectivity index (χ3n) is 3.83. The zero-order chi connectivity index (χ0) is 17.8. The molecule has 0 aliphatic carbocycles. The van der Waals surface area contributed by atoms with E-state index in [1.165, 1.54) is 11.0 Å². The minimum Gasteiger partial charge on any atom is -0.497 e. The third kappa shape index (κ3) is 3.63. The molecule has 1 N–H and O–H groups in total. The van der Waals surface area contributed by atoms with Crippen LogP contribution in [0, 0.1) is 0 Å². The van der Waals surface area contributed by atoms with Gasteiger partial charge in [0.1, 0.15) is 18.0 Å². The first-order chi connectivity index (χ1) is 12.1. The van der Waals surface area contributed by atoms with Crippen molar-refractivity contribution in [2.24, 2.45) is 0 Å². The van der Waals surface area contributed by atoms with Crippen LogP contribution in [-0.2, 0) is 9.59 Å². The number of anilines is 2. The van der Waals surface area contributed by atoms with E-state index in [9.17, 15) is 9.59 Å². The normalized spacial score (nSPS) is 13.4. The molecule has 3 rings (SSSR count). The summed E-state index contributed by atoms with van der Waals surface area (Å²) in [7, 11) is 3.13. The van der Waals surface area contributed by atoms with Gasteiger partial charge < -0.3 is 14.8 Å². The zero-order valence-electron chi connectivity index (χ0n) is 14.0. The van der Waals surface area contributed by atoms with Crippen molar-refractivity contribution in [2.45, 2.75) is 0 Å². The van der Waals surface area contributed by atoms with Crippen LogP contribution in [0.3, 0.4) is 0 Å². The van der Waals surface area contributed by atoms with Crippen molar-refractivity contribution in [2.75, 3.05) is 31.0 Å². The van der Waals surface area contributed by atoms with E-state index in [2.05, 4.69) is 5.32 Å². The number of para-hydroxylation sites is 2. The number of fused-ring (bicyclic) bond motifs is 1. The molecule has 6 heteroatoms. The minimum atomic E-state index is -0.274. The van der Waals surface area contributed by atoms with Crippen LogP contribution in [0.2, 0.25) is 0 Å². The fourth-order valence-corrected chi connectivity index (χ4v) is 2.61. The monoisotopic (exact) mass is 338 g/mol. The van der Waals surface area contributed by atoms with Gasteiger partial charge >= 0.3 is 0 Å². The Labute approximate surface area is 145 Å². The molecule has 0 saturated carbocycles. The molecule has 0 unspecified atom stereocenters. The van der Waals surface area contributed by atoms with E-state index in [4.69, 9.17) is 9.47 Å². The molecule has 0 saturated heterocycles. The number of hydrogen-bond acceptors (Lipinski definition) is 4. The van der Waals surface area contributed by atoms with Crippen molar-refractivity contribution in [3.63, 3.8) is 0 Å². The first-order valence-corrected chi connectivity index (χ1v) is 7.72. The van der Waals surface area contributed by atoms with Gasteiger partial charge in [-0.25, -0.2) is 0 Å². The Morgan fingerprint density at radius 3 is 2.48 bits per heavy atom. The molecule has 0 bridgehead atoms. The number of carbonyl (C=O) groups excluding carboxylic acids is 2. The van der Waals surface area contributed by atoms with Crippen LogP contribution in [0.15, 0.2) is 48.5 Å². The molecule has 2 aromatic carbocycles. The third-order valence-corrected chi connectivity index (χ3v) is 3.83. The topological polar surface area (TPSA) is 67.9 Å². The molecule has 0 radical (unpaired) electrons. The van der Waals surface area contributed by atoms with Gasteiger partial charge in [0, 0.05) is 12.1 Å². The number of methoxy groups -OCH3 is 2. The second kappa shape index (κ2) is 7.09. The van der Waals surface area contributed by atoms with Crippen LogP contribution in [0.25, 0.3) is 6.08 Å². The summed E-state index contributed by atoms with van der Waals surface area (Å²) in [4.78, 5) is 25.9. The molecule has 0 fully saturated rings. The first-order valence-electron chi connectivity index (χ1n) is 7.72. The lowest BCUT2D eigenvalue weighted by molar-refractivity contribution is -0.119. The summed E-state index contributed by atoms with van der Waals surface area (Å²) in [5, 5.41) is 2.76. The summed E-state index contributed by atoms with van der Waals surface area (Å²) >= 11 is 0. The number of amides is 2. The molecule has 0 aromatic heterocycles. The van der Waals surface area contributed by atoms with E-state index in [0.29, 0.717) is 22.9 Å². The van der Waals surface area contributed by atoms with E-state index >= 15 is 0 Å². The molecule has 2 aromatic rings. The van der Waals surface area contributed by atoms with Gasteiger partial charge in [-0.1, -0.05) is 12.1 Å². The molecule has 1 heterocycles. The summed E-state index contributed by atoms with van der Waals surface area (Å²) in [6.45, 7) is -0.0123. The summed E-state index contributed by atoms with van der Waals surface area (Å²) < 4.78 is 10.4. The quantitative estimate of drug-likeness (QED) is 0.871. The maximum absolute atomic E-state index is 12.6. The Balaban J connectivity index is 1.85. The Hall–Kier alpha value is -3.28. The fourth-order valence-electron chi connectivity index (χ4n) is 2.61. The molecule has 0 spiro atoms. The lowest BCUT2D eigenvalue weighted by atomic mass is 10.1. The van der Waals surface area contributed by atoms with E-state index in [-0.39, 0.29) is 18.4 Å². The predicted molar refractivity (Wildman–Crippen MR) is 96.0 cm³/mol. The summed E-state index contributed by atoms with van der Waals surface area (Å²) in [5.74, 6) is 0.774. The van der Waals surface area contributed by atoms with Crippen LogP contribution in [0.5, 0.6) is 11.5 Å². The Kier molecular flexibility index (Phi) is 4.70. The maximum atomic E-state index is 12.6. The highest BCUT2D eigenvalue weighted by molar-refractivity contribution is 6.13. The van der Waals surface area contributed by atoms with Crippen molar-refractivity contribution >= 4 is 29.3 Å². The average molecular weight is 338 g/mol. The maximum Gasteiger partial charge on any atom is 0.251 e. The van der Waals surface area contributed by atoms with E-state index in [1.807, 2.05) is 12.1 Å². The van der Waals surface area contributed by atoms with Crippen LogP contribution < -0.4 is 19.7 Å². The Bertz CT molecular complexity index is 823. The number of ether oxygens (including phenoxy) is 2. The molecular formula is C19H18N2O4. The molecule has 2 amide bonds. The lowest BCUT2D eigenvalue weighted by Gasteiger charge is -2.28. The average Bonchev–Trinajstić information content (AvgIpc) is 2.64. The van der Waals surface area contributed by atoms with Crippen LogP contribution >= 0.6 is 0 Å². The first kappa shape index (κ1) is 16.6. The highest BCUT2D eigenvalue weighted by atomic mass is 16.5. The number of hydrogen-bond donors (Lipinski definition) is 1. The number of rotatable bonds is 4. The Morgan fingerprint density at radius 2 is 1.80 bits per heavy atom. The van der Waals surface area contributed by atoms with Gasteiger partial charge in [0.15, 0.2) is 0 Å². The highest BCUT2D eigenvalue weighted by Gasteiger charge is 2.25. The predicted octanol–water partition coefficient (Wildman–Crippen LogP) is 2.70. The van der Waals surface area contributed by atoms with Crippen LogP contribution in [0.1, 0.15) is 5.56 Å². The Morgan fingerprint density at radius 1 is 1.12 bits per heavy atom. The summed E-state index contributed by atoms with van der Waals surface area (Å²) in [6, 6.07) is 12.5. The van der Waals surface area contributed by atoms with Gasteiger partial charge in [0.2, 0.25) is 5.91 Å². The van der Waals surface area contributed by atoms with Crippen molar-refractivity contribution in [1.29, 1.82) is 0 Å². The van der Waals surface area contributed by atoms with Crippen molar-refractivity contribution in [1.82, 2.24) is 0 Å². The van der Waals surface area contributed by atoms with E-state index in [1.54, 1.807) is 50.6 Å². The van der Waals surface area contributed by atoms with Gasteiger partial charge in [-0.2, -0.15) is 0 Å². The summed E-state index contributed by atoms with van der Waals surface area (Å²) in [6.07, 6.45) is 3.10. The van der Waals surface area contributed by atoms with E-state index < -0.39 is 0 Å². The van der Waals surface area contributed by atoms with Gasteiger partial charge in [-0.05, 0) is 35.9 Å². The lowest BCUT2D eigenvalue weighted by Crippen LogP contribution is -2.41. The van der Waals surface area contributed by atoms with Gasteiger partial charge in [-0.15, -0.1) is 0 Å². The zero-order valence-corrected chi connectivity index (χ0v) is 14.0. The van der Waals surface area contributed by atoms with Gasteiger partial charge in [0.05, 0.1) is 25.6 Å². The number of nitrogens with one attached hydrogen (secondary N) is 1. The second-order valence-electron chi connectivity index (χ2n) is 5.47. The largest absolute Gasteiger partial charge is 0.497 e. The molecule has 0 atom stereocenters. The summed E-state index contributed by atoms with van der Waals surface area (Å²) in [5.41, 5.74) is 2.07. The van der Waals surface area contributed by atoms with Crippen molar-refractivity contribution in [3.05, 3.63) is 54.1 Å². The molecule has 1 aliphatic rings. The molecular weight excluding hydrogens is 320 g/mol. The highest BCUT2D eigenvalue weighted by Crippen LogP contribution is 2.29.